The van der Waals surface area contributed by atoms with E-state index in [0.29, 0.717) is 27.7 Å². The Morgan fingerprint density at radius 3 is 2.60 bits per heavy atom. The number of hydrogen-bond acceptors (Lipinski definition) is 3. The molecule has 0 atom stereocenters. The molecule has 25 heavy (non-hydrogen) atoms. The van der Waals surface area contributed by atoms with Gasteiger partial charge in [0.15, 0.2) is 5.69 Å². The molecule has 3 rings (SSSR count). The third-order valence-corrected chi connectivity index (χ3v) is 4.18. The molecule has 0 unspecified atom stereocenters. The Hall–Kier alpha value is -2.73. The molecule has 128 valence electrons. The number of hydrogen-bond donors (Lipinski definition) is 1. The van der Waals surface area contributed by atoms with Crippen LogP contribution in [0.15, 0.2) is 36.4 Å². The Morgan fingerprint density at radius 2 is 1.88 bits per heavy atom. The zero-order valence-electron chi connectivity index (χ0n) is 14.0. The SMILES string of the molecule is Cc1ccc(Cl)cc1NC(=O)c1nnn(-c2ccc(F)cc2C)c1C. The van der Waals surface area contributed by atoms with Crippen molar-refractivity contribution in [3.05, 3.63) is 69.8 Å². The van der Waals surface area contributed by atoms with E-state index in [1.54, 1.807) is 32.0 Å². The second-order valence-electron chi connectivity index (χ2n) is 5.78. The van der Waals surface area contributed by atoms with E-state index >= 15 is 0 Å². The summed E-state index contributed by atoms with van der Waals surface area (Å²) in [4.78, 5) is 12.6. The van der Waals surface area contributed by atoms with Crippen molar-refractivity contribution >= 4 is 23.2 Å². The number of benzene rings is 2. The standard InChI is InChI=1S/C18H16ClFN4O/c1-10-4-5-13(19)9-15(10)21-18(25)17-12(3)24(23-22-17)16-7-6-14(20)8-11(16)2/h4-9H,1-3H3,(H,21,25). The predicted octanol–water partition coefficient (Wildman–Crippen LogP) is 4.24. The van der Waals surface area contributed by atoms with Crippen LogP contribution >= 0.6 is 11.6 Å². The number of anilines is 1. The zero-order valence-corrected chi connectivity index (χ0v) is 14.7. The fourth-order valence-electron chi connectivity index (χ4n) is 2.53. The summed E-state index contributed by atoms with van der Waals surface area (Å²) in [7, 11) is 0. The van der Waals surface area contributed by atoms with Gasteiger partial charge in [0.2, 0.25) is 0 Å². The molecule has 1 aromatic heterocycles. The molecule has 1 amide bonds. The molecular weight excluding hydrogens is 343 g/mol. The molecule has 0 radical (unpaired) electrons. The van der Waals surface area contributed by atoms with Crippen molar-refractivity contribution in [2.24, 2.45) is 0 Å². The van der Waals surface area contributed by atoms with Crippen molar-refractivity contribution in [2.75, 3.05) is 5.32 Å². The summed E-state index contributed by atoms with van der Waals surface area (Å²) in [5.41, 5.74) is 3.63. The molecule has 2 aromatic carbocycles. The highest BCUT2D eigenvalue weighted by molar-refractivity contribution is 6.31. The molecule has 0 saturated heterocycles. The molecule has 5 nitrogen and oxygen atoms in total. The third kappa shape index (κ3) is 3.39. The van der Waals surface area contributed by atoms with Gasteiger partial charge in [-0.05, 0) is 62.2 Å². The maximum Gasteiger partial charge on any atom is 0.278 e. The van der Waals surface area contributed by atoms with Crippen molar-refractivity contribution in [3.63, 3.8) is 0 Å². The van der Waals surface area contributed by atoms with Crippen LogP contribution in [0.4, 0.5) is 10.1 Å². The minimum Gasteiger partial charge on any atom is -0.320 e. The van der Waals surface area contributed by atoms with E-state index in [9.17, 15) is 9.18 Å². The lowest BCUT2D eigenvalue weighted by Gasteiger charge is -2.09. The molecule has 0 saturated carbocycles. The number of nitrogens with zero attached hydrogens (tertiary/aromatic N) is 3. The van der Waals surface area contributed by atoms with Gasteiger partial charge in [-0.3, -0.25) is 4.79 Å². The fraction of sp³-hybridized carbons (Fsp3) is 0.167. The number of carbonyl (C=O) groups is 1. The second-order valence-corrected chi connectivity index (χ2v) is 6.22. The van der Waals surface area contributed by atoms with Crippen LogP contribution in [0, 0.1) is 26.6 Å². The first kappa shape index (κ1) is 17.1. The average molecular weight is 359 g/mol. The Bertz CT molecular complexity index is 968. The van der Waals surface area contributed by atoms with Gasteiger partial charge in [-0.1, -0.05) is 22.9 Å². The minimum absolute atomic E-state index is 0.197. The highest BCUT2D eigenvalue weighted by Gasteiger charge is 2.19. The third-order valence-electron chi connectivity index (χ3n) is 3.94. The van der Waals surface area contributed by atoms with Crippen LogP contribution < -0.4 is 5.32 Å². The topological polar surface area (TPSA) is 59.8 Å². The van der Waals surface area contributed by atoms with E-state index < -0.39 is 0 Å². The quantitative estimate of drug-likeness (QED) is 0.761. The molecule has 7 heteroatoms. The van der Waals surface area contributed by atoms with E-state index in [1.807, 2.05) is 13.0 Å². The van der Waals surface area contributed by atoms with E-state index in [2.05, 4.69) is 15.6 Å². The maximum absolute atomic E-state index is 13.3. The molecule has 0 spiro atoms. The van der Waals surface area contributed by atoms with E-state index in [4.69, 9.17) is 11.6 Å². The summed E-state index contributed by atoms with van der Waals surface area (Å²) in [6.07, 6.45) is 0. The lowest BCUT2D eigenvalue weighted by Crippen LogP contribution is -2.15. The van der Waals surface area contributed by atoms with Gasteiger partial charge in [0.05, 0.1) is 11.4 Å². The Labute approximate surface area is 149 Å². The first-order valence-corrected chi connectivity index (χ1v) is 8.01. The van der Waals surface area contributed by atoms with Gasteiger partial charge in [0, 0.05) is 10.7 Å². The lowest BCUT2D eigenvalue weighted by molar-refractivity contribution is 0.102. The Kier molecular flexibility index (Phi) is 4.55. The molecule has 0 aliphatic heterocycles. The first-order valence-electron chi connectivity index (χ1n) is 7.63. The van der Waals surface area contributed by atoms with Crippen molar-refractivity contribution in [3.8, 4) is 5.69 Å². The number of rotatable bonds is 3. The largest absolute Gasteiger partial charge is 0.320 e. The smallest absolute Gasteiger partial charge is 0.278 e. The molecule has 3 aromatic rings. The number of carbonyl (C=O) groups excluding carboxylic acids is 1. The maximum atomic E-state index is 13.3. The van der Waals surface area contributed by atoms with Crippen LogP contribution in [0.1, 0.15) is 27.3 Å². The summed E-state index contributed by atoms with van der Waals surface area (Å²) < 4.78 is 14.8. The Morgan fingerprint density at radius 1 is 1.12 bits per heavy atom. The summed E-state index contributed by atoms with van der Waals surface area (Å²) in [6, 6.07) is 9.62. The minimum atomic E-state index is -0.381. The normalized spacial score (nSPS) is 10.8. The highest BCUT2D eigenvalue weighted by Crippen LogP contribution is 2.22. The number of amides is 1. The van der Waals surface area contributed by atoms with Crippen molar-refractivity contribution in [2.45, 2.75) is 20.8 Å². The van der Waals surface area contributed by atoms with Crippen molar-refractivity contribution in [1.29, 1.82) is 0 Å². The van der Waals surface area contributed by atoms with Gasteiger partial charge in [-0.25, -0.2) is 9.07 Å². The summed E-state index contributed by atoms with van der Waals surface area (Å²) in [5.74, 6) is -0.706. The molecule has 0 fully saturated rings. The molecule has 0 bridgehead atoms. The van der Waals surface area contributed by atoms with Crippen LogP contribution in [0.25, 0.3) is 5.69 Å². The van der Waals surface area contributed by atoms with Gasteiger partial charge in [-0.2, -0.15) is 0 Å². The predicted molar refractivity (Wildman–Crippen MR) is 94.9 cm³/mol. The molecule has 1 N–H and O–H groups in total. The summed E-state index contributed by atoms with van der Waals surface area (Å²) in [6.45, 7) is 5.38. The van der Waals surface area contributed by atoms with Crippen LogP contribution in [-0.4, -0.2) is 20.9 Å². The van der Waals surface area contributed by atoms with E-state index in [1.165, 1.54) is 16.8 Å². The first-order chi connectivity index (χ1) is 11.9. The lowest BCUT2D eigenvalue weighted by atomic mass is 10.2. The highest BCUT2D eigenvalue weighted by atomic mass is 35.5. The number of halogens is 2. The average Bonchev–Trinajstić information content (AvgIpc) is 2.92. The monoisotopic (exact) mass is 358 g/mol. The summed E-state index contributed by atoms with van der Waals surface area (Å²) in [5, 5.41) is 11.3. The van der Waals surface area contributed by atoms with Gasteiger partial charge in [0.25, 0.3) is 5.91 Å². The number of nitrogens with one attached hydrogen (secondary N) is 1. The second kappa shape index (κ2) is 6.64. The van der Waals surface area contributed by atoms with Crippen LogP contribution in [0.5, 0.6) is 0 Å². The number of aryl methyl sites for hydroxylation is 2. The van der Waals surface area contributed by atoms with Crippen LogP contribution in [-0.2, 0) is 0 Å². The van der Waals surface area contributed by atoms with Crippen molar-refractivity contribution in [1.82, 2.24) is 15.0 Å². The van der Waals surface area contributed by atoms with E-state index in [-0.39, 0.29) is 17.4 Å². The van der Waals surface area contributed by atoms with Crippen LogP contribution in [0.2, 0.25) is 5.02 Å². The van der Waals surface area contributed by atoms with Gasteiger partial charge in [0.1, 0.15) is 5.82 Å². The van der Waals surface area contributed by atoms with Gasteiger partial charge >= 0.3 is 0 Å². The number of aromatic nitrogens is 3. The molecule has 0 aliphatic rings. The summed E-state index contributed by atoms with van der Waals surface area (Å²) >= 11 is 5.98. The zero-order chi connectivity index (χ0) is 18.1. The Balaban J connectivity index is 1.93. The van der Waals surface area contributed by atoms with Crippen LogP contribution in [0.3, 0.4) is 0 Å². The molecule has 0 aliphatic carbocycles. The fourth-order valence-corrected chi connectivity index (χ4v) is 2.71. The van der Waals surface area contributed by atoms with E-state index in [0.717, 1.165) is 5.56 Å². The van der Waals surface area contributed by atoms with Crippen molar-refractivity contribution < 1.29 is 9.18 Å². The molecular formula is C18H16ClFN4O. The van der Waals surface area contributed by atoms with Gasteiger partial charge < -0.3 is 5.32 Å². The van der Waals surface area contributed by atoms with Gasteiger partial charge in [-0.15, -0.1) is 5.10 Å². The molecule has 1 heterocycles.